The van der Waals surface area contributed by atoms with Crippen LogP contribution in [-0.2, 0) is 15.7 Å². The molecule has 1 amide bonds. The Hall–Kier alpha value is -3.63. The average Bonchev–Trinajstić information content (AvgIpc) is 2.62. The van der Waals surface area contributed by atoms with Gasteiger partial charge in [0, 0.05) is 12.1 Å². The van der Waals surface area contributed by atoms with Crippen LogP contribution in [0, 0.1) is 17.0 Å². The molecule has 2 aromatic rings. The van der Waals surface area contributed by atoms with Crippen molar-refractivity contribution in [2.75, 3.05) is 5.32 Å². The highest BCUT2D eigenvalue weighted by Crippen LogP contribution is 2.37. The monoisotopic (exact) mass is 412 g/mol. The van der Waals surface area contributed by atoms with E-state index in [4.69, 9.17) is 4.74 Å². The third-order valence-electron chi connectivity index (χ3n) is 3.89. The highest BCUT2D eigenvalue weighted by atomic mass is 19.4. The number of benzene rings is 2. The molecule has 8 nitrogen and oxygen atoms in total. The van der Waals surface area contributed by atoms with Crippen LogP contribution in [0.25, 0.3) is 0 Å². The number of halogens is 3. The minimum absolute atomic E-state index is 0.212. The molecular formula is C18H15F3N2O6. The van der Waals surface area contributed by atoms with Crippen LogP contribution in [0.15, 0.2) is 36.4 Å². The number of aromatic hydroxyl groups is 1. The smallest absolute Gasteiger partial charge is 0.418 e. The highest BCUT2D eigenvalue weighted by Gasteiger charge is 2.36. The number of phenolic OH excluding ortho intramolecular Hbond substituents is 1. The first-order valence-corrected chi connectivity index (χ1v) is 8.08. The zero-order valence-electron chi connectivity index (χ0n) is 15.1. The van der Waals surface area contributed by atoms with Crippen molar-refractivity contribution in [3.63, 3.8) is 0 Å². The second-order valence-electron chi connectivity index (χ2n) is 5.99. The molecule has 11 heteroatoms. The summed E-state index contributed by atoms with van der Waals surface area (Å²) in [4.78, 5) is 34.0. The second-order valence-corrected chi connectivity index (χ2v) is 5.99. The van der Waals surface area contributed by atoms with Crippen molar-refractivity contribution in [1.82, 2.24) is 0 Å². The summed E-state index contributed by atoms with van der Waals surface area (Å²) < 4.78 is 44.4. The van der Waals surface area contributed by atoms with E-state index in [0.29, 0.717) is 5.56 Å². The number of phenols is 1. The van der Waals surface area contributed by atoms with Gasteiger partial charge in [0.25, 0.3) is 11.6 Å². The van der Waals surface area contributed by atoms with Crippen molar-refractivity contribution in [2.45, 2.75) is 26.1 Å². The maximum atomic E-state index is 13.2. The Labute approximate surface area is 162 Å². The van der Waals surface area contributed by atoms with Gasteiger partial charge in [-0.05, 0) is 31.5 Å². The van der Waals surface area contributed by atoms with Gasteiger partial charge in [0.1, 0.15) is 11.3 Å². The molecule has 0 heterocycles. The number of nitro benzene ring substituents is 1. The Morgan fingerprint density at radius 2 is 1.90 bits per heavy atom. The van der Waals surface area contributed by atoms with Gasteiger partial charge in [-0.3, -0.25) is 14.9 Å². The Bertz CT molecular complexity index is 975. The summed E-state index contributed by atoms with van der Waals surface area (Å²) in [6.45, 7) is 2.66. The minimum Gasteiger partial charge on any atom is -0.507 e. The van der Waals surface area contributed by atoms with Crippen molar-refractivity contribution in [2.24, 2.45) is 0 Å². The third kappa shape index (κ3) is 5.00. The summed E-state index contributed by atoms with van der Waals surface area (Å²) in [7, 11) is 0. The Morgan fingerprint density at radius 1 is 1.24 bits per heavy atom. The van der Waals surface area contributed by atoms with E-state index in [0.717, 1.165) is 19.1 Å². The zero-order chi connectivity index (χ0) is 21.9. The van der Waals surface area contributed by atoms with Crippen LogP contribution >= 0.6 is 0 Å². The average molecular weight is 412 g/mol. The van der Waals surface area contributed by atoms with Crippen molar-refractivity contribution >= 4 is 23.3 Å². The van der Waals surface area contributed by atoms with Gasteiger partial charge in [0.15, 0.2) is 6.10 Å². The highest BCUT2D eigenvalue weighted by molar-refractivity contribution is 5.99. The van der Waals surface area contributed by atoms with E-state index in [9.17, 15) is 38.0 Å². The van der Waals surface area contributed by atoms with Crippen molar-refractivity contribution < 1.29 is 37.5 Å². The SMILES string of the molecule is Cc1cccc(C(=O)O[C@H](C)C(=O)Nc2ccc([N+](=O)[O-])cc2C(F)(F)F)c1O. The van der Waals surface area contributed by atoms with Crippen LogP contribution < -0.4 is 5.32 Å². The number of carbonyl (C=O) groups excluding carboxylic acids is 2. The predicted octanol–water partition coefficient (Wildman–Crippen LogP) is 3.81. The lowest BCUT2D eigenvalue weighted by Gasteiger charge is -2.17. The van der Waals surface area contributed by atoms with E-state index in [1.54, 1.807) is 0 Å². The number of amides is 1. The molecule has 1 atom stereocenters. The number of alkyl halides is 3. The topological polar surface area (TPSA) is 119 Å². The first-order chi connectivity index (χ1) is 13.4. The largest absolute Gasteiger partial charge is 0.507 e. The lowest BCUT2D eigenvalue weighted by atomic mass is 10.1. The molecule has 2 rings (SSSR count). The van der Waals surface area contributed by atoms with Crippen molar-refractivity contribution in [3.8, 4) is 5.75 Å². The zero-order valence-corrected chi connectivity index (χ0v) is 15.1. The maximum absolute atomic E-state index is 13.2. The number of anilines is 1. The van der Waals surface area contributed by atoms with Gasteiger partial charge in [-0.25, -0.2) is 4.79 Å². The first-order valence-electron chi connectivity index (χ1n) is 8.08. The lowest BCUT2D eigenvalue weighted by molar-refractivity contribution is -0.385. The summed E-state index contributed by atoms with van der Waals surface area (Å²) in [6, 6.07) is 6.09. The number of nitrogens with zero attached hydrogens (tertiary/aromatic N) is 1. The van der Waals surface area contributed by atoms with E-state index >= 15 is 0 Å². The summed E-state index contributed by atoms with van der Waals surface area (Å²) in [5.74, 6) is -2.49. The summed E-state index contributed by atoms with van der Waals surface area (Å²) in [5.41, 5.74) is -2.78. The molecule has 0 bridgehead atoms. The number of nitro groups is 1. The van der Waals surface area contributed by atoms with Gasteiger partial charge in [0.05, 0.1) is 16.2 Å². The van der Waals surface area contributed by atoms with Crippen molar-refractivity contribution in [3.05, 3.63) is 63.2 Å². The predicted molar refractivity (Wildman–Crippen MR) is 94.4 cm³/mol. The molecule has 154 valence electrons. The molecule has 0 aliphatic carbocycles. The molecule has 29 heavy (non-hydrogen) atoms. The number of esters is 1. The molecule has 0 aliphatic heterocycles. The molecule has 2 N–H and O–H groups in total. The molecule has 0 radical (unpaired) electrons. The van der Waals surface area contributed by atoms with Crippen LogP contribution in [0.3, 0.4) is 0 Å². The van der Waals surface area contributed by atoms with Crippen LogP contribution in [0.5, 0.6) is 5.75 Å². The van der Waals surface area contributed by atoms with Gasteiger partial charge in [-0.2, -0.15) is 13.2 Å². The number of hydrogen-bond donors (Lipinski definition) is 2. The fourth-order valence-corrected chi connectivity index (χ4v) is 2.32. The summed E-state index contributed by atoms with van der Waals surface area (Å²) in [6.07, 6.45) is -6.49. The molecular weight excluding hydrogens is 397 g/mol. The number of ether oxygens (including phenoxy) is 1. The number of hydrogen-bond acceptors (Lipinski definition) is 6. The lowest BCUT2D eigenvalue weighted by Crippen LogP contribution is -2.30. The molecule has 0 unspecified atom stereocenters. The summed E-state index contributed by atoms with van der Waals surface area (Å²) >= 11 is 0. The Kier molecular flexibility index (Phi) is 6.10. The minimum atomic E-state index is -4.97. The standard InChI is InChI=1S/C18H15F3N2O6/c1-9-4-3-5-12(15(9)24)17(26)29-10(2)16(25)22-14-7-6-11(23(27)28)8-13(14)18(19,20)21/h3-8,10,24H,1-2H3,(H,22,25)/t10-/m1/s1. The van der Waals surface area contributed by atoms with Crippen LogP contribution in [-0.4, -0.2) is 28.0 Å². The van der Waals surface area contributed by atoms with Gasteiger partial charge >= 0.3 is 12.1 Å². The van der Waals surface area contributed by atoms with Gasteiger partial charge in [-0.1, -0.05) is 12.1 Å². The Balaban J connectivity index is 2.20. The van der Waals surface area contributed by atoms with E-state index in [2.05, 4.69) is 0 Å². The normalized spacial score (nSPS) is 12.2. The summed E-state index contributed by atoms with van der Waals surface area (Å²) in [5, 5.41) is 22.5. The fourth-order valence-electron chi connectivity index (χ4n) is 2.32. The number of carbonyl (C=O) groups is 2. The second kappa shape index (κ2) is 8.17. The van der Waals surface area contributed by atoms with Gasteiger partial charge in [0.2, 0.25) is 0 Å². The van der Waals surface area contributed by atoms with Gasteiger partial charge < -0.3 is 15.2 Å². The number of aryl methyl sites for hydroxylation is 1. The quantitative estimate of drug-likeness (QED) is 0.438. The van der Waals surface area contributed by atoms with E-state index in [-0.39, 0.29) is 17.4 Å². The number of para-hydroxylation sites is 1. The molecule has 0 saturated heterocycles. The van der Waals surface area contributed by atoms with Crippen molar-refractivity contribution in [1.29, 1.82) is 0 Å². The number of non-ortho nitro benzene ring substituents is 1. The van der Waals surface area contributed by atoms with E-state index < -0.39 is 46.0 Å². The van der Waals surface area contributed by atoms with Gasteiger partial charge in [-0.15, -0.1) is 0 Å². The molecule has 0 saturated carbocycles. The van der Waals surface area contributed by atoms with Crippen LogP contribution in [0.1, 0.15) is 28.4 Å². The molecule has 2 aromatic carbocycles. The van der Waals surface area contributed by atoms with E-state index in [1.807, 2.05) is 5.32 Å². The molecule has 0 aromatic heterocycles. The number of nitrogens with one attached hydrogen (secondary N) is 1. The maximum Gasteiger partial charge on any atom is 0.418 e. The molecule has 0 aliphatic rings. The Morgan fingerprint density at radius 3 is 2.48 bits per heavy atom. The van der Waals surface area contributed by atoms with Crippen LogP contribution in [0.4, 0.5) is 24.5 Å². The molecule has 0 fully saturated rings. The molecule has 0 spiro atoms. The van der Waals surface area contributed by atoms with E-state index in [1.165, 1.54) is 25.1 Å². The number of rotatable bonds is 5. The van der Waals surface area contributed by atoms with Crippen LogP contribution in [0.2, 0.25) is 0 Å². The third-order valence-corrected chi connectivity index (χ3v) is 3.89. The first kappa shape index (κ1) is 21.7. The fraction of sp³-hybridized carbons (Fsp3) is 0.222.